The molecule has 6 rings (SSSR count). The molecule has 1 aromatic heterocycles. The number of hydrogen-bond acceptors (Lipinski definition) is 1. The summed E-state index contributed by atoms with van der Waals surface area (Å²) in [6, 6.07) is 1.04. The SMILES string of the molecule is FC(F)(F)c1cc([B-](c2cc(C(F)(F)F)cc(C(F)(F)F)c2)(c2cc(C(F)(F)F)cc(C(F)(F)F)c2)c2cc(C(F)(F)F)cc(C(F)(F)F)c2)cc(C(F)(F)F)c1.Fc1scc[n+]1Cc1ccccc1. The molecule has 0 atom stereocenters. The molecule has 0 N–H and O–H groups in total. The first kappa shape index (κ1) is 55.0. The van der Waals surface area contributed by atoms with E-state index in [9.17, 15) is 110 Å². The maximum absolute atomic E-state index is 14.2. The van der Waals surface area contributed by atoms with Gasteiger partial charge in [0.2, 0.25) is 0 Å². The van der Waals surface area contributed by atoms with Crippen LogP contribution in [0.4, 0.5) is 110 Å². The number of alkyl halides is 24. The molecule has 0 fully saturated rings. The topological polar surface area (TPSA) is 3.88 Å². The molecule has 0 amide bonds. The van der Waals surface area contributed by atoms with Crippen LogP contribution in [0.15, 0.2) is 115 Å². The Kier molecular flexibility index (Phi) is 14.7. The Labute approximate surface area is 379 Å². The number of thiazole rings is 1. The summed E-state index contributed by atoms with van der Waals surface area (Å²) in [6.07, 6.45) is -53.0. The van der Waals surface area contributed by atoms with Crippen LogP contribution in [0.3, 0.4) is 0 Å². The Morgan fingerprint density at radius 3 is 0.757 bits per heavy atom. The van der Waals surface area contributed by atoms with E-state index in [1.54, 1.807) is 16.1 Å². The van der Waals surface area contributed by atoms with Crippen LogP contribution in [0.1, 0.15) is 50.1 Å². The lowest BCUT2D eigenvalue weighted by atomic mass is 9.12. The van der Waals surface area contributed by atoms with Crippen LogP contribution in [0, 0.1) is 5.26 Å². The van der Waals surface area contributed by atoms with E-state index >= 15 is 0 Å². The summed E-state index contributed by atoms with van der Waals surface area (Å²) in [7, 11) is 0. The molecule has 378 valence electrons. The molecule has 0 unspecified atom stereocenters. The number of rotatable bonds is 6. The Morgan fingerprint density at radius 2 is 0.571 bits per heavy atom. The third-order valence-electron chi connectivity index (χ3n) is 10.3. The second kappa shape index (κ2) is 18.7. The van der Waals surface area contributed by atoms with Gasteiger partial charge >= 0.3 is 54.7 Å². The predicted molar refractivity (Wildman–Crippen MR) is 200 cm³/mol. The molecule has 0 aliphatic carbocycles. The third kappa shape index (κ3) is 12.5. The highest BCUT2D eigenvalue weighted by molar-refractivity contribution is 7.20. The Hall–Kier alpha value is -5.96. The quantitative estimate of drug-likeness (QED) is 0.0889. The number of benzene rings is 5. The van der Waals surface area contributed by atoms with Gasteiger partial charge in [-0.2, -0.15) is 132 Å². The van der Waals surface area contributed by atoms with Crippen molar-refractivity contribution in [3.05, 3.63) is 170 Å². The summed E-state index contributed by atoms with van der Waals surface area (Å²) in [5.74, 6) is 0. The molecular weight excluding hydrogens is 1040 g/mol. The molecule has 0 saturated heterocycles. The largest absolute Gasteiger partial charge is 0.421 e. The molecule has 5 aromatic carbocycles. The lowest BCUT2D eigenvalue weighted by Crippen LogP contribution is -2.75. The van der Waals surface area contributed by atoms with Gasteiger partial charge in [0.25, 0.3) is 0 Å². The predicted octanol–water partition coefficient (Wildman–Crippen LogP) is 13.4. The Morgan fingerprint density at radius 1 is 0.343 bits per heavy atom. The lowest BCUT2D eigenvalue weighted by Gasteiger charge is -2.46. The normalized spacial score (nSPS) is 13.6. The van der Waals surface area contributed by atoms with Crippen molar-refractivity contribution < 1.29 is 114 Å². The molecule has 0 aliphatic heterocycles. The van der Waals surface area contributed by atoms with E-state index in [4.69, 9.17) is 0 Å². The molecule has 1 heterocycles. The molecule has 1 nitrogen and oxygen atoms in total. The van der Waals surface area contributed by atoms with E-state index in [1.807, 2.05) is 30.3 Å². The minimum absolute atomic E-state index is 0.149. The fourth-order valence-electron chi connectivity index (χ4n) is 7.25. The van der Waals surface area contributed by atoms with Crippen LogP contribution < -0.4 is 26.4 Å². The average molecular weight is 1060 g/mol. The second-order valence-electron chi connectivity index (χ2n) is 15.0. The minimum Gasteiger partial charge on any atom is -0.194 e. The van der Waals surface area contributed by atoms with Crippen molar-refractivity contribution in [2.24, 2.45) is 0 Å². The van der Waals surface area contributed by atoms with Crippen molar-refractivity contribution in [2.75, 3.05) is 0 Å². The van der Waals surface area contributed by atoms with Crippen LogP contribution in [0.25, 0.3) is 0 Å². The van der Waals surface area contributed by atoms with E-state index in [0.717, 1.165) is 16.9 Å². The summed E-state index contributed by atoms with van der Waals surface area (Å²) in [5.41, 5.74) is -29.1. The molecule has 0 bridgehead atoms. The van der Waals surface area contributed by atoms with Gasteiger partial charge in [-0.1, -0.05) is 78.9 Å². The van der Waals surface area contributed by atoms with E-state index in [-0.39, 0.29) is 5.26 Å². The maximum Gasteiger partial charge on any atom is 0.421 e. The fourth-order valence-corrected chi connectivity index (χ4v) is 7.83. The Balaban J connectivity index is 0.000000600. The summed E-state index contributed by atoms with van der Waals surface area (Å²) in [5, 5.41) is 1.60. The maximum atomic E-state index is 14.2. The number of hydrogen-bond donors (Lipinski definition) is 0. The highest BCUT2D eigenvalue weighted by Crippen LogP contribution is 2.41. The van der Waals surface area contributed by atoms with Crippen molar-refractivity contribution in [3.63, 3.8) is 0 Å². The molecule has 28 heteroatoms. The molecule has 0 aliphatic rings. The van der Waals surface area contributed by atoms with E-state index in [1.165, 1.54) is 0 Å². The van der Waals surface area contributed by atoms with Crippen molar-refractivity contribution in [3.8, 4) is 0 Å². The first-order valence-electron chi connectivity index (χ1n) is 18.6. The zero-order valence-electron chi connectivity index (χ0n) is 33.6. The number of nitrogens with zero attached hydrogens (tertiary/aromatic N) is 1. The third-order valence-corrected chi connectivity index (χ3v) is 11.0. The zero-order valence-corrected chi connectivity index (χ0v) is 34.4. The molecule has 0 saturated carbocycles. The van der Waals surface area contributed by atoms with Gasteiger partial charge in [0.05, 0.1) is 49.9 Å². The van der Waals surface area contributed by atoms with E-state index in [2.05, 4.69) is 0 Å². The van der Waals surface area contributed by atoms with Gasteiger partial charge in [-0.3, -0.25) is 0 Å². The van der Waals surface area contributed by atoms with Gasteiger partial charge in [0.1, 0.15) is 6.15 Å². The fraction of sp³-hybridized carbons (Fsp3) is 0.214. The summed E-state index contributed by atoms with van der Waals surface area (Å²) >= 11 is 1.12. The lowest BCUT2D eigenvalue weighted by molar-refractivity contribution is -0.709. The van der Waals surface area contributed by atoms with Gasteiger partial charge < -0.3 is 0 Å². The van der Waals surface area contributed by atoms with Crippen LogP contribution in [-0.4, -0.2) is 6.15 Å². The first-order chi connectivity index (χ1) is 31.6. The zero-order chi connectivity index (χ0) is 53.0. The van der Waals surface area contributed by atoms with Gasteiger partial charge in [0, 0.05) is 5.56 Å². The van der Waals surface area contributed by atoms with Gasteiger partial charge in [-0.25, -0.2) is 0 Å². The summed E-state index contributed by atoms with van der Waals surface area (Å²) in [6.45, 7) is 0.607. The van der Waals surface area contributed by atoms with Crippen LogP contribution in [0.5, 0.6) is 0 Å². The molecule has 0 spiro atoms. The molecular formula is C42H21BF25NS. The Bertz CT molecular complexity index is 2370. The van der Waals surface area contributed by atoms with Crippen molar-refractivity contribution >= 4 is 39.3 Å². The van der Waals surface area contributed by atoms with Crippen molar-refractivity contribution in [2.45, 2.75) is 56.0 Å². The second-order valence-corrected chi connectivity index (χ2v) is 15.8. The monoisotopic (exact) mass is 1060 g/mol. The average Bonchev–Trinajstić information content (AvgIpc) is 3.62. The van der Waals surface area contributed by atoms with E-state index < -0.39 is 195 Å². The van der Waals surface area contributed by atoms with E-state index in [0.29, 0.717) is 6.54 Å². The van der Waals surface area contributed by atoms with Crippen molar-refractivity contribution in [1.29, 1.82) is 0 Å². The molecule has 6 aromatic rings. The van der Waals surface area contributed by atoms with Crippen LogP contribution in [-0.2, 0) is 56.0 Å². The molecule has 70 heavy (non-hydrogen) atoms. The standard InChI is InChI=1S/C32H12BF24.C10H9FNS/c34-25(35,36)13-1-14(26(37,38)39)6-21(5-13)33(22-7-15(27(40,41)42)2-16(8-22)28(43,44)45,23-9-17(29(46,47)48)3-18(10-23)30(49,50)51)24-11-19(31(52,53)54)4-20(12-24)32(55,56)57;11-10-12(6-7-13-10)8-9-4-2-1-3-5-9/h1-12H;1-7H,8H2/q-1;+1. The first-order valence-corrected chi connectivity index (χ1v) is 19.5. The number of halogens is 25. The minimum atomic E-state index is -6.13. The van der Waals surface area contributed by atoms with Crippen LogP contribution in [0.2, 0.25) is 0 Å². The number of aromatic nitrogens is 1. The highest BCUT2D eigenvalue weighted by Gasteiger charge is 2.47. The van der Waals surface area contributed by atoms with Gasteiger partial charge in [-0.15, -0.1) is 4.39 Å². The smallest absolute Gasteiger partial charge is 0.194 e. The van der Waals surface area contributed by atoms with Crippen LogP contribution >= 0.6 is 11.3 Å². The molecule has 0 radical (unpaired) electrons. The van der Waals surface area contributed by atoms with Gasteiger partial charge in [0.15, 0.2) is 12.7 Å². The summed E-state index contributed by atoms with van der Waals surface area (Å²) in [4.78, 5) is 0. The summed E-state index contributed by atoms with van der Waals surface area (Å²) < 4.78 is 355. The van der Waals surface area contributed by atoms with Gasteiger partial charge in [-0.05, 0) is 35.6 Å². The highest BCUT2D eigenvalue weighted by atomic mass is 32.1. The van der Waals surface area contributed by atoms with Crippen molar-refractivity contribution in [1.82, 2.24) is 0 Å².